The molecular weight excluding hydrogens is 1780 g/mol. The fraction of sp³-hybridized carbons (Fsp3) is 0.560. The van der Waals surface area contributed by atoms with Gasteiger partial charge in [0.1, 0.15) is 90.3 Å². The number of aromatic amines is 1. The molecule has 0 spiro atoms. The molecule has 3 fully saturated rings. The fourth-order valence-electron chi connectivity index (χ4n) is 14.9. The number of aliphatic hydroxyl groups excluding tert-OH is 1. The Kier molecular flexibility index (Phi) is 43.9. The highest BCUT2D eigenvalue weighted by Crippen LogP contribution is 2.25. The summed E-state index contributed by atoms with van der Waals surface area (Å²) in [6.07, 6.45) is -8.49. The van der Waals surface area contributed by atoms with E-state index in [-0.39, 0.29) is 83.3 Å². The molecule has 135 heavy (non-hydrogen) atoms. The van der Waals surface area contributed by atoms with Crippen molar-refractivity contribution in [2.45, 2.75) is 253 Å². The Morgan fingerprint density at radius 1 is 0.452 bits per heavy atom. The van der Waals surface area contributed by atoms with Gasteiger partial charge in [-0.15, -0.1) is 0 Å². The van der Waals surface area contributed by atoms with Gasteiger partial charge < -0.3 is 148 Å². The molecule has 15 atom stereocenters. The number of amides is 18. The van der Waals surface area contributed by atoms with Crippen molar-refractivity contribution < 1.29 is 136 Å². The third-order valence-electron chi connectivity index (χ3n) is 22.1. The first-order valence-corrected chi connectivity index (χ1v) is 43.9. The predicted octanol–water partition coefficient (Wildman–Crippen LogP) is -8.25. The number of phenols is 1. The van der Waals surface area contributed by atoms with E-state index in [1.54, 1.807) is 30.5 Å². The molecule has 18 amide bonds. The Bertz CT molecular complexity index is 4800. The third kappa shape index (κ3) is 36.4. The number of H-pyrrole nitrogens is 1. The second-order valence-corrected chi connectivity index (χ2v) is 32.7. The van der Waals surface area contributed by atoms with E-state index in [4.69, 9.17) is 22.6 Å². The van der Waals surface area contributed by atoms with E-state index in [9.17, 15) is 127 Å². The van der Waals surface area contributed by atoms with Gasteiger partial charge in [-0.25, -0.2) is 0 Å². The normalized spacial score (nSPS) is 24.6. The van der Waals surface area contributed by atoms with Crippen LogP contribution in [0.2, 0.25) is 0 Å². The van der Waals surface area contributed by atoms with Crippen LogP contribution in [0.15, 0.2) is 54.7 Å². The van der Waals surface area contributed by atoms with Gasteiger partial charge in [-0.05, 0) is 147 Å². The zero-order valence-corrected chi connectivity index (χ0v) is 74.7. The number of primary amides is 1. The lowest BCUT2D eigenvalue weighted by atomic mass is 10.0. The first-order chi connectivity index (χ1) is 63.9. The maximum atomic E-state index is 15.2. The van der Waals surface area contributed by atoms with Gasteiger partial charge in [-0.1, -0.05) is 30.3 Å². The summed E-state index contributed by atoms with van der Waals surface area (Å²) in [5.41, 5.74) is 18.1. The molecule has 2 aromatic carbocycles. The Morgan fingerprint density at radius 2 is 0.874 bits per heavy atom. The zero-order valence-electron chi connectivity index (χ0n) is 74.7. The van der Waals surface area contributed by atoms with Gasteiger partial charge in [0, 0.05) is 94.6 Å². The first kappa shape index (κ1) is 109. The first-order valence-electron chi connectivity index (χ1n) is 43.9. The van der Waals surface area contributed by atoms with E-state index in [0.29, 0.717) is 28.5 Å². The van der Waals surface area contributed by atoms with E-state index in [1.165, 1.54) is 36.1 Å². The standard InChI is InChI=1S/C84H121N23O28/c1-42-70(122)97-54(24-29-67(118)119)74(126)95-43(2)71(123)102-56(13-6-7-32-85)82(134)106-35-9-15-59(106)81(133)104-58(38-46-39-91-49-12-5-4-11-48(46)49)79(131)103-57(37-45-17-19-47(109)20-18-45)78(130)99-51(22-27-65(114)115)72(124)89-34-31-62(111)92-40-64(113)96-53(21-26-61(86)110)76(128)98-50(14-8-33-90-84(87)88)75(127)100-55(25-30-68(120)121)77(129)105-69(44(3)108)83(135)107-36-10-16-60(107)80(132)101-52(23-28-66(116)117)73(125)93-41-63(112)94-42/h4-5,11-12,17-20,39,42-44,50-60,69,91,108-109H,6-10,13-16,21-38,40-41,85H2,1-3H3,(H2,86,110)(H,89,124)(H,92,111)(H,93,125)(H,94,112)(H,95,126)(H,96,113)(H,97,122)(H,98,128)(H,99,130)(H,100,127)(H,101,132)(H,102,123)(H,103,131)(H,104,133)(H,105,129)(H,114,115)(H,116,117)(H,118,119)(H,120,121)(H4,87,88,90)/t42-,43-,44+,50-,51+,52-,53-,54-,55-,56-,57-,58-,59-,60-,69-/m0/s1. The number of aliphatic hydroxyl groups is 1. The van der Waals surface area contributed by atoms with Crippen molar-refractivity contribution in [3.05, 3.63) is 65.9 Å². The fourth-order valence-corrected chi connectivity index (χ4v) is 14.9. The highest BCUT2D eigenvalue weighted by Gasteiger charge is 2.44. The Morgan fingerprint density at radius 3 is 1.41 bits per heavy atom. The molecule has 0 aliphatic carbocycles. The third-order valence-corrected chi connectivity index (χ3v) is 22.1. The SMILES string of the molecule is C[C@@H]1NC(=O)CNC(=O)[C@H](CCC(=O)O)NC(=O)[C@@H]2CCCN2C(=O)[C@H]([C@@H](C)O)NC(=O)[C@H](CCC(=O)O)NC(=O)[C@H](CCCNC(=N)N)NC(=O)[C@H](CCC(N)=O)NC(=O)CNC(=O)CCNC(=O)[C@@H](CCC(=O)O)NC(=O)[C@H](Cc2ccc(O)cc2)NC(=O)[C@H](Cc2c[nH]c3ccccc23)NC(=O)[C@@H]2CCCN2C(=O)[C@H](CCCCN)NC(=O)[C@H](C)NC(=O)[C@H](CCC(=O)O)NC1=O. The van der Waals surface area contributed by atoms with Crippen LogP contribution in [-0.4, -0.2) is 318 Å². The number of unbranched alkanes of at least 4 members (excludes halogenated alkanes) is 1. The van der Waals surface area contributed by atoms with Crippen molar-refractivity contribution in [1.82, 2.24) is 99.9 Å². The van der Waals surface area contributed by atoms with Crippen LogP contribution >= 0.6 is 0 Å². The van der Waals surface area contributed by atoms with Crippen LogP contribution in [0.5, 0.6) is 5.75 Å². The monoisotopic (exact) mass is 1900 g/mol. The summed E-state index contributed by atoms with van der Waals surface area (Å²) in [5.74, 6) is -26.1. The summed E-state index contributed by atoms with van der Waals surface area (Å²) in [4.78, 5) is 308. The molecule has 30 N–H and O–H groups in total. The van der Waals surface area contributed by atoms with E-state index < -0.39 is 330 Å². The maximum absolute atomic E-state index is 15.2. The van der Waals surface area contributed by atoms with Crippen molar-refractivity contribution in [3.63, 3.8) is 0 Å². The number of hydrogen-bond donors (Lipinski definition) is 27. The van der Waals surface area contributed by atoms with Crippen molar-refractivity contribution >= 4 is 147 Å². The average molecular weight is 1900 g/mol. The Labute approximate surface area is 772 Å². The second kappa shape index (κ2) is 54.3. The number of nitrogens with one attached hydrogen (secondary N) is 18. The van der Waals surface area contributed by atoms with Gasteiger partial charge in [0.2, 0.25) is 106 Å². The number of carbonyl (C=O) groups excluding carboxylic acids is 18. The molecule has 3 aliphatic rings. The number of nitrogens with zero attached hydrogens (tertiary/aromatic N) is 2. The highest BCUT2D eigenvalue weighted by atomic mass is 16.4. The van der Waals surface area contributed by atoms with Crippen LogP contribution in [0.25, 0.3) is 10.9 Å². The van der Waals surface area contributed by atoms with Gasteiger partial charge in [-0.2, -0.15) is 0 Å². The van der Waals surface area contributed by atoms with E-state index in [1.807, 2.05) is 0 Å². The summed E-state index contributed by atoms with van der Waals surface area (Å²) < 4.78 is 0. The number of hydrogen-bond acceptors (Lipinski definition) is 26. The number of carboxylic acids is 4. The van der Waals surface area contributed by atoms with Crippen LogP contribution in [-0.2, 0) is 118 Å². The molecule has 740 valence electrons. The van der Waals surface area contributed by atoms with Crippen molar-refractivity contribution in [1.29, 1.82) is 5.41 Å². The lowest BCUT2D eigenvalue weighted by molar-refractivity contribution is -0.145. The maximum Gasteiger partial charge on any atom is 0.303 e. The van der Waals surface area contributed by atoms with Crippen LogP contribution in [0.1, 0.15) is 160 Å². The Balaban J connectivity index is 1.36. The molecule has 0 unspecified atom stereocenters. The van der Waals surface area contributed by atoms with E-state index >= 15 is 9.59 Å². The van der Waals surface area contributed by atoms with Gasteiger partial charge in [-0.3, -0.25) is 111 Å². The van der Waals surface area contributed by atoms with E-state index in [0.717, 1.165) is 18.7 Å². The molecule has 4 heterocycles. The minimum Gasteiger partial charge on any atom is -0.508 e. The predicted molar refractivity (Wildman–Crippen MR) is 471 cm³/mol. The number of guanidine groups is 1. The molecule has 0 saturated carbocycles. The Hall–Kier alpha value is -14.7. The van der Waals surface area contributed by atoms with E-state index in [2.05, 4.69) is 90.1 Å². The summed E-state index contributed by atoms with van der Waals surface area (Å²) in [5, 5.41) is 107. The number of aromatic hydroxyl groups is 1. The summed E-state index contributed by atoms with van der Waals surface area (Å²) in [6.45, 7) is 0.539. The molecule has 1 aromatic heterocycles. The smallest absolute Gasteiger partial charge is 0.303 e. The molecule has 3 aromatic rings. The number of phenolic OH excluding ortho intramolecular Hbond substituents is 1. The molecule has 51 nitrogen and oxygen atoms in total. The summed E-state index contributed by atoms with van der Waals surface area (Å²) in [7, 11) is 0. The van der Waals surface area contributed by atoms with Crippen molar-refractivity contribution in [2.24, 2.45) is 17.2 Å². The minimum atomic E-state index is -2.01. The van der Waals surface area contributed by atoms with Crippen molar-refractivity contribution in [3.8, 4) is 5.75 Å². The number of carboxylic acid groups (broad SMARTS) is 4. The number of para-hydroxylation sites is 1. The largest absolute Gasteiger partial charge is 0.508 e. The topological polar surface area (TPSA) is 814 Å². The van der Waals surface area contributed by atoms with Gasteiger partial charge in [0.25, 0.3) is 0 Å². The summed E-state index contributed by atoms with van der Waals surface area (Å²) in [6, 6.07) is -11.4. The number of nitrogens with two attached hydrogens (primary N) is 3. The number of rotatable bonds is 28. The number of carbonyl (C=O) groups is 22. The lowest BCUT2D eigenvalue weighted by Gasteiger charge is -2.32. The molecule has 6 rings (SSSR count). The molecule has 51 heteroatoms. The van der Waals surface area contributed by atoms with Crippen molar-refractivity contribution in [2.75, 3.05) is 45.8 Å². The van der Waals surface area contributed by atoms with Gasteiger partial charge >= 0.3 is 23.9 Å². The summed E-state index contributed by atoms with van der Waals surface area (Å²) >= 11 is 0. The number of aliphatic carboxylic acids is 4. The minimum absolute atomic E-state index is 0.00476. The van der Waals surface area contributed by atoms with Gasteiger partial charge in [0.15, 0.2) is 5.96 Å². The molecule has 0 radical (unpaired) electrons. The molecular formula is C84H121N23O28. The molecule has 3 aliphatic heterocycles. The van der Waals surface area contributed by atoms with Crippen LogP contribution in [0, 0.1) is 5.41 Å². The van der Waals surface area contributed by atoms with Crippen LogP contribution in [0.3, 0.4) is 0 Å². The zero-order chi connectivity index (χ0) is 99.9. The average Bonchev–Trinajstić information content (AvgIpc) is 1.67. The quantitative estimate of drug-likeness (QED) is 0.0182. The number of benzene rings is 2. The number of fused-ring (bicyclic) bond motifs is 3. The molecule has 3 saturated heterocycles. The second-order valence-electron chi connectivity index (χ2n) is 32.7. The lowest BCUT2D eigenvalue weighted by Crippen LogP contribution is -2.61. The molecule has 0 bridgehead atoms. The van der Waals surface area contributed by atoms with Crippen LogP contribution in [0.4, 0.5) is 0 Å². The van der Waals surface area contributed by atoms with Crippen LogP contribution < -0.4 is 102 Å². The number of aromatic nitrogens is 1. The highest BCUT2D eigenvalue weighted by molar-refractivity contribution is 6.02. The van der Waals surface area contributed by atoms with Gasteiger partial charge in [0.05, 0.1) is 19.2 Å².